The summed E-state index contributed by atoms with van der Waals surface area (Å²) in [6.07, 6.45) is 0.718. The SMILES string of the molecule is Cc1c(Cl)cc(NC(=O)NCCc2ccccc2)c(O)c1Cl. The van der Waals surface area contributed by atoms with Crippen molar-refractivity contribution in [2.75, 3.05) is 11.9 Å². The van der Waals surface area contributed by atoms with E-state index < -0.39 is 6.03 Å². The van der Waals surface area contributed by atoms with Gasteiger partial charge in [-0.3, -0.25) is 0 Å². The molecule has 4 nitrogen and oxygen atoms in total. The van der Waals surface area contributed by atoms with E-state index in [9.17, 15) is 9.90 Å². The van der Waals surface area contributed by atoms with E-state index in [1.807, 2.05) is 30.3 Å². The molecule has 0 fully saturated rings. The molecule has 0 heterocycles. The largest absolute Gasteiger partial charge is 0.504 e. The molecule has 3 N–H and O–H groups in total. The maximum atomic E-state index is 11.8. The number of carbonyl (C=O) groups is 1. The predicted molar refractivity (Wildman–Crippen MR) is 90.0 cm³/mol. The number of hydrogen-bond donors (Lipinski definition) is 3. The Kier molecular flexibility index (Phi) is 5.52. The van der Waals surface area contributed by atoms with E-state index in [1.165, 1.54) is 6.07 Å². The van der Waals surface area contributed by atoms with Gasteiger partial charge in [0.1, 0.15) is 0 Å². The summed E-state index contributed by atoms with van der Waals surface area (Å²) in [5, 5.41) is 15.7. The van der Waals surface area contributed by atoms with Crippen molar-refractivity contribution >= 4 is 34.9 Å². The highest BCUT2D eigenvalue weighted by molar-refractivity contribution is 6.37. The van der Waals surface area contributed by atoms with Crippen molar-refractivity contribution < 1.29 is 9.90 Å². The topological polar surface area (TPSA) is 61.4 Å². The number of phenols is 1. The third kappa shape index (κ3) is 4.06. The first-order chi connectivity index (χ1) is 10.5. The standard InChI is InChI=1S/C16H16Cl2N2O2/c1-10-12(17)9-13(15(21)14(10)18)20-16(22)19-8-7-11-5-3-2-4-6-11/h2-6,9,21H,7-8H2,1H3,(H2,19,20,22). The first-order valence-corrected chi connectivity index (χ1v) is 7.51. The fourth-order valence-electron chi connectivity index (χ4n) is 1.93. The average molecular weight is 339 g/mol. The molecule has 0 aliphatic heterocycles. The molecule has 0 saturated carbocycles. The van der Waals surface area contributed by atoms with Crippen LogP contribution in [0.15, 0.2) is 36.4 Å². The molecule has 0 radical (unpaired) electrons. The molecule has 0 saturated heterocycles. The Morgan fingerprint density at radius 2 is 1.91 bits per heavy atom. The van der Waals surface area contributed by atoms with Crippen LogP contribution >= 0.6 is 23.2 Å². The summed E-state index contributed by atoms with van der Waals surface area (Å²) in [5.74, 6) is -0.193. The second-order valence-electron chi connectivity index (χ2n) is 4.81. The van der Waals surface area contributed by atoms with Gasteiger partial charge in [-0.2, -0.15) is 0 Å². The number of amides is 2. The molecule has 0 bridgehead atoms. The molecule has 116 valence electrons. The Labute approximate surface area is 139 Å². The van der Waals surface area contributed by atoms with Crippen LogP contribution in [0, 0.1) is 6.92 Å². The molecule has 2 amide bonds. The number of phenolic OH excluding ortho intramolecular Hbond substituents is 1. The Morgan fingerprint density at radius 3 is 2.59 bits per heavy atom. The van der Waals surface area contributed by atoms with E-state index in [0.717, 1.165) is 12.0 Å². The van der Waals surface area contributed by atoms with Gasteiger partial charge < -0.3 is 15.7 Å². The minimum Gasteiger partial charge on any atom is -0.504 e. The van der Waals surface area contributed by atoms with Crippen molar-refractivity contribution in [1.82, 2.24) is 5.32 Å². The van der Waals surface area contributed by atoms with Gasteiger partial charge in [0.25, 0.3) is 0 Å². The van der Waals surface area contributed by atoms with Gasteiger partial charge in [-0.05, 0) is 30.5 Å². The maximum Gasteiger partial charge on any atom is 0.319 e. The second-order valence-corrected chi connectivity index (χ2v) is 5.60. The molecule has 0 aromatic heterocycles. The number of urea groups is 1. The van der Waals surface area contributed by atoms with E-state index >= 15 is 0 Å². The Balaban J connectivity index is 1.92. The molecule has 22 heavy (non-hydrogen) atoms. The van der Waals surface area contributed by atoms with E-state index in [4.69, 9.17) is 23.2 Å². The minimum absolute atomic E-state index is 0.132. The summed E-state index contributed by atoms with van der Waals surface area (Å²) in [5.41, 5.74) is 1.88. The Morgan fingerprint density at radius 1 is 1.23 bits per heavy atom. The summed E-state index contributed by atoms with van der Waals surface area (Å²) in [6, 6.07) is 10.9. The molecule has 0 aliphatic rings. The third-order valence-electron chi connectivity index (χ3n) is 3.21. The first-order valence-electron chi connectivity index (χ1n) is 6.75. The number of rotatable bonds is 4. The van der Waals surface area contributed by atoms with Crippen LogP contribution in [0.2, 0.25) is 10.0 Å². The van der Waals surface area contributed by atoms with Gasteiger partial charge in [-0.25, -0.2) is 4.79 Å². The average Bonchev–Trinajstić information content (AvgIpc) is 2.51. The summed E-state index contributed by atoms with van der Waals surface area (Å²) in [7, 11) is 0. The minimum atomic E-state index is -0.429. The fraction of sp³-hybridized carbons (Fsp3) is 0.188. The summed E-state index contributed by atoms with van der Waals surface area (Å²) in [4.78, 5) is 11.8. The van der Waals surface area contributed by atoms with Crippen molar-refractivity contribution in [3.8, 4) is 5.75 Å². The van der Waals surface area contributed by atoms with E-state index in [2.05, 4.69) is 10.6 Å². The van der Waals surface area contributed by atoms with Crippen molar-refractivity contribution in [2.24, 2.45) is 0 Å². The number of aromatic hydroxyl groups is 1. The summed E-state index contributed by atoms with van der Waals surface area (Å²) >= 11 is 11.9. The third-order valence-corrected chi connectivity index (χ3v) is 4.07. The quantitative estimate of drug-likeness (QED) is 0.724. The molecule has 6 heteroatoms. The Hall–Kier alpha value is -1.91. The lowest BCUT2D eigenvalue weighted by molar-refractivity contribution is 0.252. The zero-order chi connectivity index (χ0) is 16.1. The molecule has 0 atom stereocenters. The molecular formula is C16H16Cl2N2O2. The number of hydrogen-bond acceptors (Lipinski definition) is 2. The molecule has 2 aromatic rings. The highest BCUT2D eigenvalue weighted by atomic mass is 35.5. The van der Waals surface area contributed by atoms with Gasteiger partial charge in [-0.15, -0.1) is 0 Å². The van der Waals surface area contributed by atoms with Crippen molar-refractivity contribution in [3.05, 3.63) is 57.6 Å². The number of anilines is 1. The summed E-state index contributed by atoms with van der Waals surface area (Å²) in [6.45, 7) is 2.16. The zero-order valence-electron chi connectivity index (χ0n) is 12.0. The van der Waals surface area contributed by atoms with Gasteiger partial charge in [0.2, 0.25) is 0 Å². The first kappa shape index (κ1) is 16.5. The monoisotopic (exact) mass is 338 g/mol. The van der Waals surface area contributed by atoms with Crippen LogP contribution in [0.3, 0.4) is 0 Å². The molecule has 0 spiro atoms. The highest BCUT2D eigenvalue weighted by Crippen LogP contribution is 2.38. The van der Waals surface area contributed by atoms with Crippen LogP contribution in [0.1, 0.15) is 11.1 Å². The van der Waals surface area contributed by atoms with Crippen LogP contribution in [0.4, 0.5) is 10.5 Å². The van der Waals surface area contributed by atoms with Crippen LogP contribution in [-0.4, -0.2) is 17.7 Å². The lowest BCUT2D eigenvalue weighted by atomic mass is 10.1. The lowest BCUT2D eigenvalue weighted by Crippen LogP contribution is -2.30. The molecule has 2 aromatic carbocycles. The smallest absolute Gasteiger partial charge is 0.319 e. The van der Waals surface area contributed by atoms with E-state index in [1.54, 1.807) is 6.92 Å². The summed E-state index contributed by atoms with van der Waals surface area (Å²) < 4.78 is 0. The van der Waals surface area contributed by atoms with Gasteiger partial charge in [0.05, 0.1) is 10.7 Å². The van der Waals surface area contributed by atoms with Crippen LogP contribution in [-0.2, 0) is 6.42 Å². The van der Waals surface area contributed by atoms with E-state index in [-0.39, 0.29) is 16.5 Å². The molecule has 0 aliphatic carbocycles. The zero-order valence-corrected chi connectivity index (χ0v) is 13.5. The second kappa shape index (κ2) is 7.38. The molecular weight excluding hydrogens is 323 g/mol. The number of carbonyl (C=O) groups excluding carboxylic acids is 1. The molecule has 0 unspecified atom stereocenters. The number of nitrogens with one attached hydrogen (secondary N) is 2. The van der Waals surface area contributed by atoms with Crippen LogP contribution < -0.4 is 10.6 Å². The Bertz CT molecular complexity index is 676. The van der Waals surface area contributed by atoms with Crippen molar-refractivity contribution in [2.45, 2.75) is 13.3 Å². The van der Waals surface area contributed by atoms with Gasteiger partial charge in [0.15, 0.2) is 5.75 Å². The maximum absolute atomic E-state index is 11.8. The predicted octanol–water partition coefficient (Wildman–Crippen LogP) is 4.37. The van der Waals surface area contributed by atoms with E-state index in [0.29, 0.717) is 17.1 Å². The highest BCUT2D eigenvalue weighted by Gasteiger charge is 2.14. The van der Waals surface area contributed by atoms with Gasteiger partial charge >= 0.3 is 6.03 Å². The molecule has 2 rings (SSSR count). The van der Waals surface area contributed by atoms with Crippen molar-refractivity contribution in [1.29, 1.82) is 0 Å². The van der Waals surface area contributed by atoms with Crippen molar-refractivity contribution in [3.63, 3.8) is 0 Å². The lowest BCUT2D eigenvalue weighted by Gasteiger charge is -2.12. The van der Waals surface area contributed by atoms with Crippen LogP contribution in [0.25, 0.3) is 0 Å². The fourth-order valence-corrected chi connectivity index (χ4v) is 2.39. The number of benzene rings is 2. The van der Waals surface area contributed by atoms with Gasteiger partial charge in [-0.1, -0.05) is 53.5 Å². The van der Waals surface area contributed by atoms with Gasteiger partial charge in [0, 0.05) is 11.6 Å². The normalized spacial score (nSPS) is 10.3. The number of halogens is 2. The van der Waals surface area contributed by atoms with Crippen LogP contribution in [0.5, 0.6) is 5.75 Å².